The summed E-state index contributed by atoms with van der Waals surface area (Å²) in [5, 5.41) is 0. The van der Waals surface area contributed by atoms with Crippen molar-refractivity contribution in [2.24, 2.45) is 11.7 Å². The van der Waals surface area contributed by atoms with Gasteiger partial charge in [-0.05, 0) is 30.0 Å². The normalized spacial score (nSPS) is 20.4. The van der Waals surface area contributed by atoms with Crippen molar-refractivity contribution in [3.63, 3.8) is 0 Å². The average Bonchev–Trinajstić information content (AvgIpc) is 2.93. The van der Waals surface area contributed by atoms with E-state index in [0.717, 1.165) is 35.6 Å². The number of hydrogen-bond donors (Lipinski definition) is 1. The minimum atomic E-state index is 0.136. The van der Waals surface area contributed by atoms with E-state index in [0.29, 0.717) is 0 Å². The van der Waals surface area contributed by atoms with Gasteiger partial charge in [0.1, 0.15) is 5.75 Å². The average molecular weight is 282 g/mol. The van der Waals surface area contributed by atoms with Gasteiger partial charge in [-0.15, -0.1) is 0 Å². The van der Waals surface area contributed by atoms with Crippen LogP contribution in [0.3, 0.4) is 0 Å². The fraction of sp³-hybridized carbons (Fsp3) is 0.538. The molecule has 2 aliphatic rings. The highest BCUT2D eigenvalue weighted by atomic mass is 79.9. The van der Waals surface area contributed by atoms with Crippen LogP contribution in [-0.2, 0) is 6.42 Å². The van der Waals surface area contributed by atoms with Gasteiger partial charge >= 0.3 is 0 Å². The van der Waals surface area contributed by atoms with Crippen molar-refractivity contribution in [3.8, 4) is 5.75 Å². The number of nitrogens with two attached hydrogens (primary N) is 1. The van der Waals surface area contributed by atoms with E-state index in [2.05, 4.69) is 28.1 Å². The van der Waals surface area contributed by atoms with Gasteiger partial charge in [0, 0.05) is 22.5 Å². The number of hydrogen-bond acceptors (Lipinski definition) is 2. The summed E-state index contributed by atoms with van der Waals surface area (Å²) < 4.78 is 6.83. The Balaban J connectivity index is 1.92. The number of fused-ring (bicyclic) bond motifs is 1. The molecular formula is C13H16BrNO. The van der Waals surface area contributed by atoms with Crippen molar-refractivity contribution in [1.82, 2.24) is 0 Å². The molecule has 0 saturated heterocycles. The highest BCUT2D eigenvalue weighted by Gasteiger charge is 2.27. The molecule has 2 nitrogen and oxygen atoms in total. The summed E-state index contributed by atoms with van der Waals surface area (Å²) in [7, 11) is 0. The molecule has 1 aliphatic carbocycles. The Hall–Kier alpha value is -0.540. The second kappa shape index (κ2) is 4.04. The van der Waals surface area contributed by atoms with Crippen molar-refractivity contribution in [1.29, 1.82) is 0 Å². The Morgan fingerprint density at radius 1 is 1.44 bits per heavy atom. The van der Waals surface area contributed by atoms with Gasteiger partial charge in [-0.25, -0.2) is 0 Å². The largest absolute Gasteiger partial charge is 0.493 e. The molecule has 1 aliphatic heterocycles. The fourth-order valence-electron chi connectivity index (χ4n) is 2.41. The molecule has 0 amide bonds. The van der Waals surface area contributed by atoms with E-state index in [-0.39, 0.29) is 6.04 Å². The summed E-state index contributed by atoms with van der Waals surface area (Å²) in [4.78, 5) is 0. The van der Waals surface area contributed by atoms with E-state index in [1.54, 1.807) is 0 Å². The molecule has 1 atom stereocenters. The predicted octanol–water partition coefficient (Wildman–Crippen LogP) is 3.18. The molecule has 1 aromatic carbocycles. The SMILES string of the molecule is NC(CC1CC1)c1cc(Br)cc2c1OCC2. The predicted molar refractivity (Wildman–Crippen MR) is 67.6 cm³/mol. The third-order valence-electron chi connectivity index (χ3n) is 3.46. The van der Waals surface area contributed by atoms with Crippen LogP contribution >= 0.6 is 15.9 Å². The van der Waals surface area contributed by atoms with E-state index in [4.69, 9.17) is 10.5 Å². The molecule has 2 N–H and O–H groups in total. The van der Waals surface area contributed by atoms with Gasteiger partial charge < -0.3 is 10.5 Å². The molecule has 16 heavy (non-hydrogen) atoms. The van der Waals surface area contributed by atoms with Crippen LogP contribution in [0, 0.1) is 5.92 Å². The Morgan fingerprint density at radius 3 is 3.00 bits per heavy atom. The maximum absolute atomic E-state index is 6.28. The van der Waals surface area contributed by atoms with E-state index in [1.807, 2.05) is 0 Å². The molecule has 3 heteroatoms. The minimum Gasteiger partial charge on any atom is -0.493 e. The van der Waals surface area contributed by atoms with E-state index in [9.17, 15) is 0 Å². The van der Waals surface area contributed by atoms with Crippen LogP contribution in [0.1, 0.15) is 36.4 Å². The lowest BCUT2D eigenvalue weighted by atomic mass is 9.98. The number of ether oxygens (including phenoxy) is 1. The zero-order valence-corrected chi connectivity index (χ0v) is 10.8. The minimum absolute atomic E-state index is 0.136. The van der Waals surface area contributed by atoms with Gasteiger partial charge in [0.25, 0.3) is 0 Å². The first-order valence-electron chi connectivity index (χ1n) is 5.95. The highest BCUT2D eigenvalue weighted by molar-refractivity contribution is 9.10. The lowest BCUT2D eigenvalue weighted by molar-refractivity contribution is 0.350. The smallest absolute Gasteiger partial charge is 0.127 e. The molecule has 1 fully saturated rings. The summed E-state index contributed by atoms with van der Waals surface area (Å²) in [6, 6.07) is 4.41. The Labute approximate surface area is 104 Å². The summed E-state index contributed by atoms with van der Waals surface area (Å²) in [6.45, 7) is 0.801. The first kappa shape index (κ1) is 10.6. The Morgan fingerprint density at radius 2 is 2.25 bits per heavy atom. The van der Waals surface area contributed by atoms with Gasteiger partial charge in [-0.3, -0.25) is 0 Å². The second-order valence-corrected chi connectivity index (χ2v) is 5.78. The first-order valence-corrected chi connectivity index (χ1v) is 6.74. The van der Waals surface area contributed by atoms with E-state index >= 15 is 0 Å². The Bertz CT molecular complexity index is 415. The van der Waals surface area contributed by atoms with Crippen LogP contribution in [0.5, 0.6) is 5.75 Å². The summed E-state index contributed by atoms with van der Waals surface area (Å²) in [5.74, 6) is 1.90. The molecule has 0 spiro atoms. The van der Waals surface area contributed by atoms with Gasteiger partial charge in [0.15, 0.2) is 0 Å². The molecule has 0 radical (unpaired) electrons. The van der Waals surface area contributed by atoms with Crippen molar-refractivity contribution in [2.75, 3.05) is 6.61 Å². The van der Waals surface area contributed by atoms with Gasteiger partial charge in [-0.1, -0.05) is 28.8 Å². The maximum atomic E-state index is 6.28. The third kappa shape index (κ3) is 1.98. The van der Waals surface area contributed by atoms with E-state index in [1.165, 1.54) is 24.0 Å². The molecule has 3 rings (SSSR count). The third-order valence-corrected chi connectivity index (χ3v) is 3.92. The van der Waals surface area contributed by atoms with Crippen LogP contribution in [-0.4, -0.2) is 6.61 Å². The standard InChI is InChI=1S/C13H16BrNO/c14-10-6-9-3-4-16-13(9)11(7-10)12(15)5-8-1-2-8/h6-8,12H,1-5,15H2. The molecule has 1 aromatic rings. The fourth-order valence-corrected chi connectivity index (χ4v) is 2.94. The molecular weight excluding hydrogens is 266 g/mol. The summed E-state index contributed by atoms with van der Waals surface area (Å²) in [5.41, 5.74) is 8.77. The van der Waals surface area contributed by atoms with Crippen molar-refractivity contribution < 1.29 is 4.74 Å². The zero-order chi connectivity index (χ0) is 11.1. The van der Waals surface area contributed by atoms with Gasteiger partial charge in [0.2, 0.25) is 0 Å². The van der Waals surface area contributed by atoms with Crippen molar-refractivity contribution in [2.45, 2.75) is 31.7 Å². The number of benzene rings is 1. The van der Waals surface area contributed by atoms with Crippen molar-refractivity contribution >= 4 is 15.9 Å². The number of rotatable bonds is 3. The molecule has 0 bridgehead atoms. The maximum Gasteiger partial charge on any atom is 0.127 e. The van der Waals surface area contributed by atoms with Crippen LogP contribution in [0.25, 0.3) is 0 Å². The zero-order valence-electron chi connectivity index (χ0n) is 9.21. The van der Waals surface area contributed by atoms with Crippen LogP contribution in [0.2, 0.25) is 0 Å². The second-order valence-electron chi connectivity index (χ2n) is 4.87. The van der Waals surface area contributed by atoms with Gasteiger partial charge in [-0.2, -0.15) is 0 Å². The van der Waals surface area contributed by atoms with Crippen LogP contribution in [0.4, 0.5) is 0 Å². The van der Waals surface area contributed by atoms with Crippen molar-refractivity contribution in [3.05, 3.63) is 27.7 Å². The lowest BCUT2D eigenvalue weighted by Crippen LogP contribution is -2.12. The summed E-state index contributed by atoms with van der Waals surface area (Å²) in [6.07, 6.45) is 4.82. The van der Waals surface area contributed by atoms with Crippen LogP contribution < -0.4 is 10.5 Å². The topological polar surface area (TPSA) is 35.2 Å². The first-order chi connectivity index (χ1) is 7.74. The molecule has 0 aromatic heterocycles. The monoisotopic (exact) mass is 281 g/mol. The quantitative estimate of drug-likeness (QED) is 0.924. The Kier molecular flexibility index (Phi) is 2.68. The lowest BCUT2D eigenvalue weighted by Gasteiger charge is -2.15. The number of halogens is 1. The van der Waals surface area contributed by atoms with Gasteiger partial charge in [0.05, 0.1) is 6.61 Å². The molecule has 1 unspecified atom stereocenters. The highest BCUT2D eigenvalue weighted by Crippen LogP contribution is 2.41. The van der Waals surface area contributed by atoms with Crippen LogP contribution in [0.15, 0.2) is 16.6 Å². The molecule has 86 valence electrons. The molecule has 1 heterocycles. The van der Waals surface area contributed by atoms with E-state index < -0.39 is 0 Å². The summed E-state index contributed by atoms with van der Waals surface area (Å²) >= 11 is 3.55. The molecule has 1 saturated carbocycles.